The summed E-state index contributed by atoms with van der Waals surface area (Å²) in [6, 6.07) is 13.2. The molecule has 2 aliphatic rings. The molecule has 7 nitrogen and oxygen atoms in total. The quantitative estimate of drug-likeness (QED) is 0.624. The first-order valence-corrected chi connectivity index (χ1v) is 11.7. The largest absolute Gasteiger partial charge is 0.339 e. The van der Waals surface area contributed by atoms with Gasteiger partial charge in [0.05, 0.1) is 11.6 Å². The molecule has 5 rings (SSSR count). The number of benzene rings is 2. The Balaban J connectivity index is 1.21. The highest BCUT2D eigenvalue weighted by Crippen LogP contribution is 2.31. The maximum absolute atomic E-state index is 13.1. The Morgan fingerprint density at radius 3 is 2.53 bits per heavy atom. The van der Waals surface area contributed by atoms with E-state index >= 15 is 0 Å². The highest BCUT2D eigenvalue weighted by atomic mass is 35.5. The number of nitrogens with zero attached hydrogens (tertiary/aromatic N) is 4. The van der Waals surface area contributed by atoms with Gasteiger partial charge in [-0.2, -0.15) is 0 Å². The zero-order valence-corrected chi connectivity index (χ0v) is 18.6. The smallest absolute Gasteiger partial charge is 0.253 e. The topological polar surface area (TPSA) is 80.1 Å². The number of fused-ring (bicyclic) bond motifs is 1. The molecule has 0 radical (unpaired) electrons. The summed E-state index contributed by atoms with van der Waals surface area (Å²) in [6.45, 7) is 1.11. The molecule has 1 aromatic heterocycles. The van der Waals surface area contributed by atoms with Crippen LogP contribution in [-0.2, 0) is 4.79 Å². The molecule has 0 spiro atoms. The first kappa shape index (κ1) is 20.9. The van der Waals surface area contributed by atoms with Crippen molar-refractivity contribution in [2.75, 3.05) is 18.4 Å². The van der Waals surface area contributed by atoms with Crippen LogP contribution in [0.4, 0.5) is 5.69 Å². The Morgan fingerprint density at radius 1 is 1.00 bits per heavy atom. The van der Waals surface area contributed by atoms with E-state index in [1.165, 1.54) is 12.8 Å². The number of anilines is 1. The van der Waals surface area contributed by atoms with E-state index < -0.39 is 0 Å². The van der Waals surface area contributed by atoms with Gasteiger partial charge < -0.3 is 10.2 Å². The lowest BCUT2D eigenvalue weighted by molar-refractivity contribution is -0.121. The van der Waals surface area contributed by atoms with E-state index in [1.54, 1.807) is 12.1 Å². The minimum Gasteiger partial charge on any atom is -0.339 e. The number of halogens is 1. The molecule has 2 aromatic carbocycles. The highest BCUT2D eigenvalue weighted by molar-refractivity contribution is 6.30. The summed E-state index contributed by atoms with van der Waals surface area (Å²) < 4.78 is 2.01. The Bertz CT molecular complexity index is 1150. The Hall–Kier alpha value is -2.93. The minimum absolute atomic E-state index is 0.0176. The number of hydrogen-bond donors (Lipinski definition) is 1. The molecule has 1 saturated heterocycles. The normalized spacial score (nSPS) is 17.7. The average molecular weight is 452 g/mol. The maximum Gasteiger partial charge on any atom is 0.253 e. The summed E-state index contributed by atoms with van der Waals surface area (Å²) in [7, 11) is 0. The fourth-order valence-corrected chi connectivity index (χ4v) is 5.02. The predicted molar refractivity (Wildman–Crippen MR) is 124 cm³/mol. The summed E-state index contributed by atoms with van der Waals surface area (Å²) in [5.74, 6) is -0.160. The first-order valence-electron chi connectivity index (χ1n) is 11.3. The molecule has 2 fully saturated rings. The molecular weight excluding hydrogens is 426 g/mol. The van der Waals surface area contributed by atoms with E-state index in [-0.39, 0.29) is 17.7 Å². The van der Waals surface area contributed by atoms with Gasteiger partial charge in [-0.15, -0.1) is 5.10 Å². The second-order valence-corrected chi connectivity index (χ2v) is 9.18. The van der Waals surface area contributed by atoms with Crippen LogP contribution in [0.5, 0.6) is 0 Å². The third-order valence-electron chi connectivity index (χ3n) is 6.63. The lowest BCUT2D eigenvalue weighted by Crippen LogP contribution is -2.41. The zero-order valence-electron chi connectivity index (χ0n) is 17.8. The van der Waals surface area contributed by atoms with E-state index in [2.05, 4.69) is 15.6 Å². The van der Waals surface area contributed by atoms with Crippen molar-refractivity contribution in [1.82, 2.24) is 19.9 Å². The third-order valence-corrected chi connectivity index (χ3v) is 6.87. The molecule has 3 aromatic rings. The van der Waals surface area contributed by atoms with Gasteiger partial charge in [0.15, 0.2) is 0 Å². The van der Waals surface area contributed by atoms with Crippen LogP contribution >= 0.6 is 11.6 Å². The fourth-order valence-electron chi connectivity index (χ4n) is 4.83. The van der Waals surface area contributed by atoms with E-state index in [0.717, 1.165) is 23.9 Å². The monoisotopic (exact) mass is 451 g/mol. The third kappa shape index (κ3) is 4.21. The summed E-state index contributed by atoms with van der Waals surface area (Å²) in [6.07, 6.45) is 6.01. The molecule has 1 saturated carbocycles. The Morgan fingerprint density at radius 2 is 1.78 bits per heavy atom. The number of carbonyl (C=O) groups excluding carboxylic acids is 2. The number of piperidine rings is 1. The van der Waals surface area contributed by atoms with Crippen LogP contribution in [0.3, 0.4) is 0 Å². The van der Waals surface area contributed by atoms with Gasteiger partial charge in [-0.05, 0) is 62.1 Å². The Kier molecular flexibility index (Phi) is 5.83. The molecule has 1 aliphatic heterocycles. The fraction of sp³-hybridized carbons (Fsp3) is 0.417. The lowest BCUT2D eigenvalue weighted by Gasteiger charge is -2.31. The molecule has 8 heteroatoms. The standard InChI is InChI=1S/C24H26ClN5O2/c25-18-4-3-5-19(15-18)26-23(31)16-10-12-29(13-11-16)24(32)17-8-9-22-21(14-17)27-28-30(22)20-6-1-2-7-20/h3-5,8-9,14-16,20H,1-2,6-7,10-13H2,(H,26,31). The average Bonchev–Trinajstić information content (AvgIpc) is 3.48. The molecule has 0 unspecified atom stereocenters. The number of carbonyl (C=O) groups is 2. The first-order chi connectivity index (χ1) is 15.6. The number of hydrogen-bond acceptors (Lipinski definition) is 4. The highest BCUT2D eigenvalue weighted by Gasteiger charge is 2.28. The molecule has 2 amide bonds. The molecule has 0 atom stereocenters. The van der Waals surface area contributed by atoms with Gasteiger partial charge in [0, 0.05) is 35.3 Å². The van der Waals surface area contributed by atoms with Gasteiger partial charge in [0.1, 0.15) is 5.52 Å². The summed E-state index contributed by atoms with van der Waals surface area (Å²) in [5, 5.41) is 12.2. The lowest BCUT2D eigenvalue weighted by atomic mass is 9.95. The van der Waals surface area contributed by atoms with E-state index in [4.69, 9.17) is 11.6 Å². The van der Waals surface area contributed by atoms with E-state index in [9.17, 15) is 9.59 Å². The summed E-state index contributed by atoms with van der Waals surface area (Å²) >= 11 is 5.99. The van der Waals surface area contributed by atoms with Crippen LogP contribution in [0, 0.1) is 5.92 Å². The Labute approximate surface area is 191 Å². The number of rotatable bonds is 4. The van der Waals surface area contributed by atoms with Crippen LogP contribution in [0.15, 0.2) is 42.5 Å². The van der Waals surface area contributed by atoms with Crippen LogP contribution in [0.2, 0.25) is 5.02 Å². The summed E-state index contributed by atoms with van der Waals surface area (Å²) in [4.78, 5) is 27.5. The van der Waals surface area contributed by atoms with Crippen molar-refractivity contribution in [3.8, 4) is 0 Å². The van der Waals surface area contributed by atoms with Crippen LogP contribution in [-0.4, -0.2) is 44.8 Å². The maximum atomic E-state index is 13.1. The molecule has 166 valence electrons. The molecule has 32 heavy (non-hydrogen) atoms. The zero-order chi connectivity index (χ0) is 22.1. The van der Waals surface area contributed by atoms with Gasteiger partial charge in [-0.3, -0.25) is 9.59 Å². The number of aromatic nitrogens is 3. The van der Waals surface area contributed by atoms with Crippen LogP contribution in [0.1, 0.15) is 54.9 Å². The predicted octanol–water partition coefficient (Wildman–Crippen LogP) is 4.69. The van der Waals surface area contributed by atoms with Gasteiger partial charge in [0.25, 0.3) is 5.91 Å². The van der Waals surface area contributed by atoms with Crippen molar-refractivity contribution >= 4 is 40.1 Å². The second kappa shape index (κ2) is 8.90. The second-order valence-electron chi connectivity index (χ2n) is 8.74. The van der Waals surface area contributed by atoms with Gasteiger partial charge in [-0.1, -0.05) is 35.7 Å². The van der Waals surface area contributed by atoms with Crippen molar-refractivity contribution in [3.05, 3.63) is 53.1 Å². The molecule has 1 N–H and O–H groups in total. The number of likely N-dealkylation sites (tertiary alicyclic amines) is 1. The number of nitrogens with one attached hydrogen (secondary N) is 1. The van der Waals surface area contributed by atoms with E-state index in [1.807, 2.05) is 39.9 Å². The SMILES string of the molecule is O=C(Nc1cccc(Cl)c1)C1CCN(C(=O)c2ccc3c(c2)nnn3C2CCCC2)CC1. The van der Waals surface area contributed by atoms with Gasteiger partial charge in [-0.25, -0.2) is 4.68 Å². The van der Waals surface area contributed by atoms with Gasteiger partial charge >= 0.3 is 0 Å². The van der Waals surface area contributed by atoms with Crippen molar-refractivity contribution in [1.29, 1.82) is 0 Å². The molecule has 0 bridgehead atoms. The van der Waals surface area contributed by atoms with Crippen molar-refractivity contribution < 1.29 is 9.59 Å². The molecule has 1 aliphatic carbocycles. The summed E-state index contributed by atoms with van der Waals surface area (Å²) in [5.41, 5.74) is 3.07. The minimum atomic E-state index is -0.119. The number of amides is 2. The molecular formula is C24H26ClN5O2. The molecule has 2 heterocycles. The van der Waals surface area contributed by atoms with Crippen molar-refractivity contribution in [2.24, 2.45) is 5.92 Å². The van der Waals surface area contributed by atoms with Crippen LogP contribution in [0.25, 0.3) is 11.0 Å². The van der Waals surface area contributed by atoms with E-state index in [0.29, 0.717) is 48.2 Å². The van der Waals surface area contributed by atoms with Crippen molar-refractivity contribution in [2.45, 2.75) is 44.6 Å². The van der Waals surface area contributed by atoms with Crippen LogP contribution < -0.4 is 5.32 Å². The van der Waals surface area contributed by atoms with Crippen molar-refractivity contribution in [3.63, 3.8) is 0 Å². The van der Waals surface area contributed by atoms with Gasteiger partial charge in [0.2, 0.25) is 5.91 Å².